The average Bonchev–Trinajstić information content (AvgIpc) is 2.86. The quantitative estimate of drug-likeness (QED) is 0.323. The van der Waals surface area contributed by atoms with Crippen LogP contribution in [0.15, 0.2) is 77.7 Å². The van der Waals surface area contributed by atoms with E-state index in [1.807, 2.05) is 43.3 Å². The van der Waals surface area contributed by atoms with Crippen LogP contribution in [0.4, 0.5) is 5.69 Å². The highest BCUT2D eigenvalue weighted by molar-refractivity contribution is 7.89. The fourth-order valence-electron chi connectivity index (χ4n) is 3.48. The van der Waals surface area contributed by atoms with Gasteiger partial charge < -0.3 is 15.3 Å². The fourth-order valence-corrected chi connectivity index (χ4v) is 4.83. The molecule has 0 aromatic heterocycles. The van der Waals surface area contributed by atoms with E-state index in [9.17, 15) is 23.1 Å². The summed E-state index contributed by atoms with van der Waals surface area (Å²) in [7, 11) is -0.258. The first-order valence-corrected chi connectivity index (χ1v) is 13.1. The minimum atomic E-state index is -4.06. The van der Waals surface area contributed by atoms with Gasteiger partial charge in [-0.25, -0.2) is 8.42 Å². The number of nitrogens with zero attached hydrogens (tertiary/aromatic N) is 1. The van der Waals surface area contributed by atoms with Gasteiger partial charge >= 0.3 is 5.97 Å². The number of hydrogen-bond acceptors (Lipinski definition) is 5. The number of benzene rings is 3. The third-order valence-electron chi connectivity index (χ3n) is 5.54. The highest BCUT2D eigenvalue weighted by Crippen LogP contribution is 2.23. The van der Waals surface area contributed by atoms with Crippen molar-refractivity contribution in [1.82, 2.24) is 10.0 Å². The molecular formula is C26H28ClN3O5S. The van der Waals surface area contributed by atoms with Crippen molar-refractivity contribution in [3.8, 4) is 11.1 Å². The minimum absolute atomic E-state index is 0.0112. The predicted molar refractivity (Wildman–Crippen MR) is 141 cm³/mol. The van der Waals surface area contributed by atoms with Gasteiger partial charge in [-0.15, -0.1) is 0 Å². The van der Waals surface area contributed by atoms with Gasteiger partial charge in [-0.2, -0.15) is 4.72 Å². The Morgan fingerprint density at radius 1 is 0.917 bits per heavy atom. The van der Waals surface area contributed by atoms with E-state index in [0.29, 0.717) is 10.6 Å². The van der Waals surface area contributed by atoms with E-state index in [4.69, 9.17) is 11.6 Å². The summed E-state index contributed by atoms with van der Waals surface area (Å²) in [5, 5.41) is 12.9. The molecule has 0 unspecified atom stereocenters. The third-order valence-corrected chi connectivity index (χ3v) is 7.28. The third kappa shape index (κ3) is 7.30. The van der Waals surface area contributed by atoms with E-state index in [-0.39, 0.29) is 30.2 Å². The lowest BCUT2D eigenvalue weighted by molar-refractivity contribution is -0.139. The van der Waals surface area contributed by atoms with Crippen molar-refractivity contribution in [3.63, 3.8) is 0 Å². The lowest BCUT2D eigenvalue weighted by atomic mass is 10.1. The zero-order chi connectivity index (χ0) is 26.3. The molecule has 3 N–H and O–H groups in total. The van der Waals surface area contributed by atoms with Crippen molar-refractivity contribution in [2.75, 3.05) is 25.5 Å². The van der Waals surface area contributed by atoms with E-state index in [1.165, 1.54) is 12.1 Å². The lowest BCUT2D eigenvalue weighted by Crippen LogP contribution is -2.41. The number of carboxylic acids is 1. The molecule has 0 aliphatic rings. The van der Waals surface area contributed by atoms with Gasteiger partial charge in [-0.05, 0) is 72.5 Å². The number of carbonyl (C=O) groups is 2. The van der Waals surface area contributed by atoms with E-state index >= 15 is 0 Å². The van der Waals surface area contributed by atoms with Gasteiger partial charge in [-0.1, -0.05) is 35.9 Å². The molecule has 0 bridgehead atoms. The maximum atomic E-state index is 12.8. The number of amides is 1. The Hall–Kier alpha value is -3.40. The highest BCUT2D eigenvalue weighted by Gasteiger charge is 2.25. The molecule has 0 fully saturated rings. The normalized spacial score (nSPS) is 12.1. The molecule has 0 radical (unpaired) electrons. The average molecular weight is 530 g/mol. The number of anilines is 1. The van der Waals surface area contributed by atoms with Crippen molar-refractivity contribution < 1.29 is 23.1 Å². The summed E-state index contributed by atoms with van der Waals surface area (Å²) in [5.41, 5.74) is 3.11. The molecule has 0 spiro atoms. The van der Waals surface area contributed by atoms with Crippen LogP contribution >= 0.6 is 11.6 Å². The Kier molecular flexibility index (Phi) is 9.08. The largest absolute Gasteiger partial charge is 0.480 e. The summed E-state index contributed by atoms with van der Waals surface area (Å²) in [6.45, 7) is 0.204. The molecule has 10 heteroatoms. The van der Waals surface area contributed by atoms with Crippen molar-refractivity contribution in [2.24, 2.45) is 0 Å². The van der Waals surface area contributed by atoms with Gasteiger partial charge in [-0.3, -0.25) is 9.59 Å². The number of hydrogen-bond donors (Lipinski definition) is 3. The van der Waals surface area contributed by atoms with Crippen LogP contribution in [0.25, 0.3) is 11.1 Å². The van der Waals surface area contributed by atoms with Gasteiger partial charge in [0.1, 0.15) is 6.04 Å². The first kappa shape index (κ1) is 27.2. The van der Waals surface area contributed by atoms with Gasteiger partial charge in [0.25, 0.3) is 5.91 Å². The SMILES string of the molecule is CN(C)c1ccc(C(=O)NCCC[C@H](NS(=O)(=O)c2ccc(-c3ccc(Cl)cc3)cc2)C(=O)O)cc1. The fraction of sp³-hybridized carbons (Fsp3) is 0.231. The minimum Gasteiger partial charge on any atom is -0.480 e. The number of carbonyl (C=O) groups excluding carboxylic acids is 1. The number of sulfonamides is 1. The second-order valence-corrected chi connectivity index (χ2v) is 10.5. The molecule has 0 heterocycles. The number of halogens is 1. The van der Waals surface area contributed by atoms with Crippen LogP contribution in [0.1, 0.15) is 23.2 Å². The Labute approximate surface area is 216 Å². The first-order valence-electron chi connectivity index (χ1n) is 11.2. The Bertz CT molecular complexity index is 1290. The van der Waals surface area contributed by atoms with Crippen LogP contribution in [-0.2, 0) is 14.8 Å². The van der Waals surface area contributed by atoms with E-state index < -0.39 is 22.0 Å². The van der Waals surface area contributed by atoms with Crippen molar-refractivity contribution >= 4 is 39.2 Å². The van der Waals surface area contributed by atoms with Gasteiger partial charge in [0, 0.05) is 36.9 Å². The lowest BCUT2D eigenvalue weighted by Gasteiger charge is -2.15. The number of carboxylic acid groups (broad SMARTS) is 1. The van der Waals surface area contributed by atoms with Crippen molar-refractivity contribution in [2.45, 2.75) is 23.8 Å². The maximum Gasteiger partial charge on any atom is 0.321 e. The molecule has 190 valence electrons. The number of rotatable bonds is 11. The predicted octanol–water partition coefficient (Wildman–Crippen LogP) is 4.01. The molecule has 0 saturated carbocycles. The van der Waals surface area contributed by atoms with Gasteiger partial charge in [0.15, 0.2) is 0 Å². The summed E-state index contributed by atoms with van der Waals surface area (Å²) in [4.78, 5) is 25.9. The molecule has 0 saturated heterocycles. The smallest absolute Gasteiger partial charge is 0.321 e. The second kappa shape index (κ2) is 12.0. The maximum absolute atomic E-state index is 12.8. The molecule has 36 heavy (non-hydrogen) atoms. The number of nitrogens with one attached hydrogen (secondary N) is 2. The summed E-state index contributed by atoms with van der Waals surface area (Å²) in [6.07, 6.45) is 0.285. The Morgan fingerprint density at radius 2 is 1.47 bits per heavy atom. The van der Waals surface area contributed by atoms with Crippen LogP contribution < -0.4 is 14.9 Å². The number of aliphatic carboxylic acids is 1. The molecule has 0 aliphatic heterocycles. The standard InChI is InChI=1S/C26H28ClN3O5S/c1-30(2)22-13-7-20(8-14-22)25(31)28-17-3-4-24(26(32)33)29-36(34,35)23-15-9-19(10-16-23)18-5-11-21(27)12-6-18/h5-16,24,29H,3-4,17H2,1-2H3,(H,28,31)(H,32,33)/t24-/m0/s1. The monoisotopic (exact) mass is 529 g/mol. The van der Waals surface area contributed by atoms with E-state index in [2.05, 4.69) is 10.0 Å². The summed E-state index contributed by atoms with van der Waals surface area (Å²) < 4.78 is 27.8. The molecule has 8 nitrogen and oxygen atoms in total. The van der Waals surface area contributed by atoms with Crippen LogP contribution in [0.3, 0.4) is 0 Å². The molecule has 1 atom stereocenters. The zero-order valence-corrected chi connectivity index (χ0v) is 21.5. The zero-order valence-electron chi connectivity index (χ0n) is 19.9. The van der Waals surface area contributed by atoms with Crippen molar-refractivity contribution in [1.29, 1.82) is 0 Å². The van der Waals surface area contributed by atoms with Crippen LogP contribution in [0.2, 0.25) is 5.02 Å². The topological polar surface area (TPSA) is 116 Å². The van der Waals surface area contributed by atoms with E-state index in [0.717, 1.165) is 16.8 Å². The summed E-state index contributed by atoms with van der Waals surface area (Å²) >= 11 is 5.90. The van der Waals surface area contributed by atoms with Crippen LogP contribution in [-0.4, -0.2) is 52.1 Å². The summed E-state index contributed by atoms with van der Waals surface area (Å²) in [6, 6.07) is 19.0. The molecule has 3 aromatic rings. The van der Waals surface area contributed by atoms with Crippen LogP contribution in [0.5, 0.6) is 0 Å². The van der Waals surface area contributed by atoms with Gasteiger partial charge in [0.2, 0.25) is 10.0 Å². The molecule has 0 aliphatic carbocycles. The highest BCUT2D eigenvalue weighted by atomic mass is 35.5. The Balaban J connectivity index is 1.55. The van der Waals surface area contributed by atoms with Crippen molar-refractivity contribution in [3.05, 3.63) is 83.4 Å². The van der Waals surface area contributed by atoms with Crippen LogP contribution in [0, 0.1) is 0 Å². The molecule has 3 rings (SSSR count). The first-order chi connectivity index (χ1) is 17.1. The molecular weight excluding hydrogens is 502 g/mol. The molecule has 1 amide bonds. The second-order valence-electron chi connectivity index (χ2n) is 8.38. The summed E-state index contributed by atoms with van der Waals surface area (Å²) in [5.74, 6) is -1.57. The molecule has 3 aromatic carbocycles. The Morgan fingerprint density at radius 3 is 2.00 bits per heavy atom. The van der Waals surface area contributed by atoms with Gasteiger partial charge in [0.05, 0.1) is 4.90 Å². The van der Waals surface area contributed by atoms with E-state index in [1.54, 1.807) is 36.4 Å².